The topological polar surface area (TPSA) is 97.9 Å². The molecule has 0 aliphatic heterocycles. The molecule has 6 nitrogen and oxygen atoms in total. The molecule has 1 aromatic carbocycles. The summed E-state index contributed by atoms with van der Waals surface area (Å²) in [5, 5.41) is 11.9. The fourth-order valence-electron chi connectivity index (χ4n) is 0.746. The zero-order valence-corrected chi connectivity index (χ0v) is 11.7. The van der Waals surface area contributed by atoms with Crippen LogP contribution in [0.4, 0.5) is 5.69 Å². The van der Waals surface area contributed by atoms with Gasteiger partial charge >= 0.3 is 29.6 Å². The Bertz CT molecular complexity index is 455. The van der Waals surface area contributed by atoms with E-state index in [-0.39, 0.29) is 29.6 Å². The van der Waals surface area contributed by atoms with Crippen molar-refractivity contribution >= 4 is 13.4 Å². The van der Waals surface area contributed by atoms with Gasteiger partial charge in [-0.05, 0) is 24.3 Å². The first-order valence-corrected chi connectivity index (χ1v) is 5.37. The Morgan fingerprint density at radius 2 is 2.00 bits per heavy atom. The van der Waals surface area contributed by atoms with Gasteiger partial charge < -0.3 is 9.42 Å². The molecule has 0 aromatic heterocycles. The van der Waals surface area contributed by atoms with Crippen LogP contribution >= 0.6 is 7.75 Å². The molecule has 1 unspecified atom stereocenters. The van der Waals surface area contributed by atoms with E-state index < -0.39 is 7.75 Å². The zero-order valence-electron chi connectivity index (χ0n) is 8.82. The first-order chi connectivity index (χ1) is 7.07. The van der Waals surface area contributed by atoms with Gasteiger partial charge in [0.15, 0.2) is 0 Å². The molecule has 0 fully saturated rings. The van der Waals surface area contributed by atoms with Crippen LogP contribution in [-0.2, 0) is 9.09 Å². The molecule has 1 aromatic rings. The van der Waals surface area contributed by atoms with Gasteiger partial charge in [0.2, 0.25) is 0 Å². The van der Waals surface area contributed by atoms with Crippen molar-refractivity contribution in [1.29, 1.82) is 5.26 Å². The molecular weight excluding hydrogens is 240 g/mol. The van der Waals surface area contributed by atoms with Gasteiger partial charge in [-0.15, -0.1) is 10.00 Å². The molecule has 8 heteroatoms. The Hall–Kier alpha value is -0.540. The van der Waals surface area contributed by atoms with E-state index in [1.807, 2.05) is 6.07 Å². The van der Waals surface area contributed by atoms with Crippen molar-refractivity contribution in [3.63, 3.8) is 0 Å². The Morgan fingerprint density at radius 1 is 1.44 bits per heavy atom. The molecule has 16 heavy (non-hydrogen) atoms. The summed E-state index contributed by atoms with van der Waals surface area (Å²) in [6.45, 7) is 0. The smallest absolute Gasteiger partial charge is 0.759 e. The second-order valence-corrected chi connectivity index (χ2v) is 3.98. The normalized spacial score (nSPS) is 13.8. The fourth-order valence-corrected chi connectivity index (χ4v) is 1.03. The number of nitrogens with zero attached hydrogens (tertiary/aromatic N) is 3. The molecule has 0 amide bonds. The Morgan fingerprint density at radius 3 is 2.44 bits per heavy atom. The van der Waals surface area contributed by atoms with Crippen LogP contribution in [0, 0.1) is 11.3 Å². The van der Waals surface area contributed by atoms with Crippen molar-refractivity contribution in [2.75, 3.05) is 7.11 Å². The van der Waals surface area contributed by atoms with Crippen LogP contribution in [0.5, 0.6) is 0 Å². The molecule has 0 radical (unpaired) electrons. The number of nitriles is 1. The SMILES string of the molecule is COP(=O)([O-])N=Nc1ccc(C#N)cc1.[Na+]. The minimum absolute atomic E-state index is 0. The molecule has 0 N–H and O–H groups in total. The summed E-state index contributed by atoms with van der Waals surface area (Å²) in [6.07, 6.45) is 0. The van der Waals surface area contributed by atoms with E-state index in [0.29, 0.717) is 11.3 Å². The van der Waals surface area contributed by atoms with Crippen molar-refractivity contribution in [2.45, 2.75) is 0 Å². The Balaban J connectivity index is 0.00000225. The maximum Gasteiger partial charge on any atom is 1.00 e. The summed E-state index contributed by atoms with van der Waals surface area (Å²) < 4.78 is 14.9. The van der Waals surface area contributed by atoms with Gasteiger partial charge in [-0.1, -0.05) is 0 Å². The maximum atomic E-state index is 10.8. The Labute approximate surface area is 115 Å². The molecular formula is C8H7N3NaO3P. The van der Waals surface area contributed by atoms with Crippen LogP contribution < -0.4 is 34.5 Å². The third-order valence-electron chi connectivity index (χ3n) is 1.50. The van der Waals surface area contributed by atoms with Gasteiger partial charge in [0.05, 0.1) is 17.3 Å². The molecule has 0 bridgehead atoms. The summed E-state index contributed by atoms with van der Waals surface area (Å²) >= 11 is 0. The second-order valence-electron chi connectivity index (χ2n) is 2.50. The van der Waals surface area contributed by atoms with Crippen LogP contribution in [0.2, 0.25) is 0 Å². The number of hydrogen-bond donors (Lipinski definition) is 0. The predicted octanol–water partition coefficient (Wildman–Crippen LogP) is -1.24. The van der Waals surface area contributed by atoms with E-state index in [2.05, 4.69) is 14.5 Å². The molecule has 0 aliphatic carbocycles. The molecule has 0 aliphatic rings. The first kappa shape index (κ1) is 15.5. The van der Waals surface area contributed by atoms with Crippen LogP contribution in [-0.4, -0.2) is 7.11 Å². The van der Waals surface area contributed by atoms with E-state index in [1.54, 1.807) is 0 Å². The molecule has 1 rings (SSSR count). The van der Waals surface area contributed by atoms with Crippen molar-refractivity contribution in [3.05, 3.63) is 29.8 Å². The van der Waals surface area contributed by atoms with Crippen LogP contribution in [0.25, 0.3) is 0 Å². The largest absolute Gasteiger partial charge is 1.00 e. The van der Waals surface area contributed by atoms with Crippen molar-refractivity contribution < 1.29 is 43.5 Å². The van der Waals surface area contributed by atoms with Gasteiger partial charge in [-0.25, -0.2) is 0 Å². The molecule has 0 saturated carbocycles. The minimum atomic E-state index is -4.21. The van der Waals surface area contributed by atoms with Crippen molar-refractivity contribution in [1.82, 2.24) is 0 Å². The van der Waals surface area contributed by atoms with E-state index in [9.17, 15) is 9.46 Å². The number of rotatable bonds is 3. The third kappa shape index (κ3) is 4.99. The molecule has 0 heterocycles. The van der Waals surface area contributed by atoms with Gasteiger partial charge in [-0.3, -0.25) is 4.57 Å². The van der Waals surface area contributed by atoms with Gasteiger partial charge in [0.25, 0.3) is 7.75 Å². The average Bonchev–Trinajstić information content (AvgIpc) is 2.27. The third-order valence-corrected chi connectivity index (χ3v) is 2.27. The molecule has 0 spiro atoms. The van der Waals surface area contributed by atoms with Gasteiger partial charge in [0, 0.05) is 7.11 Å². The summed E-state index contributed by atoms with van der Waals surface area (Å²) in [5.74, 6) is 0. The molecule has 0 saturated heterocycles. The van der Waals surface area contributed by atoms with E-state index >= 15 is 0 Å². The standard InChI is InChI=1S/C8H8N3O3P.Na/c1-14-15(12,13)11-10-8-4-2-7(6-9)3-5-8;/h2-5H,1H3,(H,12,13);/q;+1/p-1. The van der Waals surface area contributed by atoms with Gasteiger partial charge in [0.1, 0.15) is 0 Å². The summed E-state index contributed by atoms with van der Waals surface area (Å²) in [6, 6.07) is 7.91. The minimum Gasteiger partial charge on any atom is -0.759 e. The fraction of sp³-hybridized carbons (Fsp3) is 0.125. The van der Waals surface area contributed by atoms with Gasteiger partial charge in [-0.2, -0.15) is 5.26 Å². The summed E-state index contributed by atoms with van der Waals surface area (Å²) in [5.41, 5.74) is 0.799. The Kier molecular flexibility index (Phi) is 6.68. The van der Waals surface area contributed by atoms with Crippen LogP contribution in [0.15, 0.2) is 34.3 Å². The number of hydrogen-bond acceptors (Lipinski definition) is 5. The van der Waals surface area contributed by atoms with Crippen molar-refractivity contribution in [2.24, 2.45) is 10.00 Å². The van der Waals surface area contributed by atoms with E-state index in [1.165, 1.54) is 24.3 Å². The van der Waals surface area contributed by atoms with Crippen LogP contribution in [0.1, 0.15) is 5.56 Å². The second kappa shape index (κ2) is 6.92. The molecule has 78 valence electrons. The first-order valence-electron chi connectivity index (χ1n) is 3.87. The number of benzene rings is 1. The predicted molar refractivity (Wildman–Crippen MR) is 50.3 cm³/mol. The van der Waals surface area contributed by atoms with Crippen LogP contribution in [0.3, 0.4) is 0 Å². The summed E-state index contributed by atoms with van der Waals surface area (Å²) in [7, 11) is -3.21. The quantitative estimate of drug-likeness (QED) is 0.379. The molecule has 1 atom stereocenters. The zero-order chi connectivity index (χ0) is 11.3. The van der Waals surface area contributed by atoms with Crippen molar-refractivity contribution in [3.8, 4) is 6.07 Å². The van der Waals surface area contributed by atoms with E-state index in [0.717, 1.165) is 7.11 Å². The monoisotopic (exact) mass is 247 g/mol. The maximum absolute atomic E-state index is 10.8. The average molecular weight is 247 g/mol. The summed E-state index contributed by atoms with van der Waals surface area (Å²) in [4.78, 5) is 13.8. The van der Waals surface area contributed by atoms with E-state index in [4.69, 9.17) is 5.26 Å².